The molecule has 3 atom stereocenters. The van der Waals surface area contributed by atoms with E-state index in [0.29, 0.717) is 5.92 Å². The molecule has 3 unspecified atom stereocenters. The van der Waals surface area contributed by atoms with E-state index in [-0.39, 0.29) is 24.0 Å². The molecule has 0 aromatic heterocycles. The maximum Gasteiger partial charge on any atom is 0.0600 e. The average Bonchev–Trinajstić information content (AvgIpc) is 2.31. The fourth-order valence-corrected chi connectivity index (χ4v) is 2.42. The van der Waals surface area contributed by atoms with Crippen molar-refractivity contribution in [1.29, 1.82) is 0 Å². The van der Waals surface area contributed by atoms with Crippen LogP contribution in [0.3, 0.4) is 0 Å². The number of rotatable bonds is 1. The summed E-state index contributed by atoms with van der Waals surface area (Å²) in [6, 6.07) is 0. The van der Waals surface area contributed by atoms with Gasteiger partial charge in [-0.05, 0) is 49.4 Å². The Morgan fingerprint density at radius 3 is 2.53 bits per heavy atom. The summed E-state index contributed by atoms with van der Waals surface area (Å²) < 4.78 is 0. The number of aliphatic hydroxyl groups is 2. The number of allylic oxidation sites excluding steroid dienone is 1. The zero-order valence-corrected chi connectivity index (χ0v) is 11.5. The lowest BCUT2D eigenvalue weighted by atomic mass is 9.79. The first kappa shape index (κ1) is 14.7. The Labute approximate surface area is 106 Å². The molecule has 2 heteroatoms. The number of hydrogen-bond acceptors (Lipinski definition) is 2. The third-order valence-electron chi connectivity index (χ3n) is 4.12. The lowest BCUT2D eigenvalue weighted by Gasteiger charge is -2.27. The van der Waals surface area contributed by atoms with Crippen LogP contribution in [-0.2, 0) is 0 Å². The van der Waals surface area contributed by atoms with Gasteiger partial charge >= 0.3 is 0 Å². The summed E-state index contributed by atoms with van der Waals surface area (Å²) in [5.41, 5.74) is 0.276. The molecule has 0 fully saturated rings. The molecule has 100 valence electrons. The highest BCUT2D eigenvalue weighted by Gasteiger charge is 2.23. The Balaban J connectivity index is 2.68. The predicted octanol–water partition coefficient (Wildman–Crippen LogP) is 3.14. The van der Waals surface area contributed by atoms with Gasteiger partial charge < -0.3 is 10.2 Å². The summed E-state index contributed by atoms with van der Waals surface area (Å²) in [6.45, 7) is 6.88. The van der Waals surface area contributed by atoms with E-state index in [2.05, 4.69) is 32.9 Å². The van der Waals surface area contributed by atoms with Gasteiger partial charge in [0.05, 0.1) is 6.10 Å². The Morgan fingerprint density at radius 2 is 1.88 bits per heavy atom. The van der Waals surface area contributed by atoms with Gasteiger partial charge in [0.25, 0.3) is 0 Å². The highest BCUT2D eigenvalue weighted by molar-refractivity contribution is 4.92. The lowest BCUT2D eigenvalue weighted by molar-refractivity contribution is 0.106. The van der Waals surface area contributed by atoms with Crippen LogP contribution in [-0.4, -0.2) is 22.9 Å². The van der Waals surface area contributed by atoms with Crippen molar-refractivity contribution in [2.75, 3.05) is 6.61 Å². The standard InChI is InChI=1S/C15H28O2/c1-12-5-4-6-13(11-16)7-9-15(2,3)10-8-14(12)17/h4-5,12-14,16-17H,6-11H2,1-3H3/b5-4-. The van der Waals surface area contributed by atoms with Crippen LogP contribution in [0, 0.1) is 17.3 Å². The van der Waals surface area contributed by atoms with Crippen LogP contribution in [0.15, 0.2) is 12.2 Å². The van der Waals surface area contributed by atoms with Gasteiger partial charge in [-0.2, -0.15) is 0 Å². The van der Waals surface area contributed by atoms with Crippen LogP contribution in [0.2, 0.25) is 0 Å². The monoisotopic (exact) mass is 240 g/mol. The third-order valence-corrected chi connectivity index (χ3v) is 4.12. The molecule has 0 aliphatic heterocycles. The quantitative estimate of drug-likeness (QED) is 0.691. The molecule has 0 aromatic rings. The highest BCUT2D eigenvalue weighted by atomic mass is 16.3. The van der Waals surface area contributed by atoms with Crippen molar-refractivity contribution in [2.24, 2.45) is 17.3 Å². The second-order valence-electron chi connectivity index (χ2n) is 6.38. The van der Waals surface area contributed by atoms with Gasteiger partial charge in [0.1, 0.15) is 0 Å². The van der Waals surface area contributed by atoms with Crippen LogP contribution in [0.1, 0.15) is 52.9 Å². The summed E-state index contributed by atoms with van der Waals surface area (Å²) in [5.74, 6) is 0.608. The fourth-order valence-electron chi connectivity index (χ4n) is 2.42. The largest absolute Gasteiger partial charge is 0.396 e. The lowest BCUT2D eigenvalue weighted by Crippen LogP contribution is -2.20. The van der Waals surface area contributed by atoms with Gasteiger partial charge in [0.15, 0.2) is 0 Å². The van der Waals surface area contributed by atoms with Gasteiger partial charge in [-0.15, -0.1) is 0 Å². The molecule has 2 nitrogen and oxygen atoms in total. The molecule has 2 N–H and O–H groups in total. The maximum absolute atomic E-state index is 10.0. The molecular weight excluding hydrogens is 212 g/mol. The normalized spacial score (nSPS) is 37.1. The summed E-state index contributed by atoms with van der Waals surface area (Å²) in [4.78, 5) is 0. The Kier molecular flexibility index (Phi) is 5.68. The van der Waals surface area contributed by atoms with Crippen LogP contribution in [0.4, 0.5) is 0 Å². The summed E-state index contributed by atoms with van der Waals surface area (Å²) in [6.07, 6.45) is 9.09. The molecule has 1 aliphatic rings. The first-order valence-corrected chi connectivity index (χ1v) is 6.90. The van der Waals surface area contributed by atoms with Gasteiger partial charge in [-0.1, -0.05) is 32.9 Å². The summed E-state index contributed by atoms with van der Waals surface area (Å²) >= 11 is 0. The van der Waals surface area contributed by atoms with Gasteiger partial charge in [0, 0.05) is 6.61 Å². The van der Waals surface area contributed by atoms with Crippen molar-refractivity contribution in [3.8, 4) is 0 Å². The fraction of sp³-hybridized carbons (Fsp3) is 0.867. The molecule has 17 heavy (non-hydrogen) atoms. The molecular formula is C15H28O2. The Hall–Kier alpha value is -0.340. The molecule has 0 radical (unpaired) electrons. The molecule has 1 rings (SSSR count). The molecule has 0 aromatic carbocycles. The van der Waals surface area contributed by atoms with Gasteiger partial charge in [-0.25, -0.2) is 0 Å². The molecule has 1 aliphatic carbocycles. The van der Waals surface area contributed by atoms with Crippen LogP contribution in [0.25, 0.3) is 0 Å². The number of hydrogen-bond donors (Lipinski definition) is 2. The minimum atomic E-state index is -0.226. The molecule has 0 amide bonds. The van der Waals surface area contributed by atoms with E-state index >= 15 is 0 Å². The van der Waals surface area contributed by atoms with Crippen molar-refractivity contribution in [3.63, 3.8) is 0 Å². The SMILES string of the molecule is CC1/C=C\CC(CO)CCC(C)(C)CCC1O. The van der Waals surface area contributed by atoms with Gasteiger partial charge in [0.2, 0.25) is 0 Å². The second-order valence-corrected chi connectivity index (χ2v) is 6.38. The smallest absolute Gasteiger partial charge is 0.0600 e. The third kappa shape index (κ3) is 5.22. The molecule has 0 saturated heterocycles. The molecule has 0 spiro atoms. The van der Waals surface area contributed by atoms with E-state index in [4.69, 9.17) is 0 Å². The van der Waals surface area contributed by atoms with E-state index in [9.17, 15) is 10.2 Å². The summed E-state index contributed by atoms with van der Waals surface area (Å²) in [7, 11) is 0. The average molecular weight is 240 g/mol. The Morgan fingerprint density at radius 1 is 1.24 bits per heavy atom. The van der Waals surface area contributed by atoms with Crippen LogP contribution in [0.5, 0.6) is 0 Å². The topological polar surface area (TPSA) is 40.5 Å². The predicted molar refractivity (Wildman–Crippen MR) is 71.8 cm³/mol. The zero-order valence-electron chi connectivity index (χ0n) is 11.5. The first-order chi connectivity index (χ1) is 7.94. The zero-order chi connectivity index (χ0) is 12.9. The van der Waals surface area contributed by atoms with Crippen LogP contribution >= 0.6 is 0 Å². The van der Waals surface area contributed by atoms with E-state index in [1.54, 1.807) is 0 Å². The van der Waals surface area contributed by atoms with Crippen molar-refractivity contribution < 1.29 is 10.2 Å². The highest BCUT2D eigenvalue weighted by Crippen LogP contribution is 2.33. The van der Waals surface area contributed by atoms with E-state index in [0.717, 1.165) is 32.1 Å². The second kappa shape index (κ2) is 6.55. The van der Waals surface area contributed by atoms with Crippen molar-refractivity contribution in [1.82, 2.24) is 0 Å². The number of aliphatic hydroxyl groups excluding tert-OH is 2. The molecule has 0 heterocycles. The Bertz CT molecular complexity index is 241. The molecule has 0 bridgehead atoms. The van der Waals surface area contributed by atoms with Crippen LogP contribution < -0.4 is 0 Å². The van der Waals surface area contributed by atoms with E-state index in [1.807, 2.05) is 0 Å². The minimum absolute atomic E-state index is 0.225. The van der Waals surface area contributed by atoms with E-state index in [1.165, 1.54) is 0 Å². The summed E-state index contributed by atoms with van der Waals surface area (Å²) in [5, 5.41) is 19.4. The maximum atomic E-state index is 10.0. The van der Waals surface area contributed by atoms with Gasteiger partial charge in [-0.3, -0.25) is 0 Å². The van der Waals surface area contributed by atoms with E-state index < -0.39 is 0 Å². The molecule has 0 saturated carbocycles. The minimum Gasteiger partial charge on any atom is -0.396 e. The van der Waals surface area contributed by atoms with Crippen molar-refractivity contribution in [3.05, 3.63) is 12.2 Å². The van der Waals surface area contributed by atoms with Crippen molar-refractivity contribution >= 4 is 0 Å². The van der Waals surface area contributed by atoms with Crippen molar-refractivity contribution in [2.45, 2.75) is 59.0 Å². The first-order valence-electron chi connectivity index (χ1n) is 6.90.